The molecule has 1 aromatic carbocycles. The summed E-state index contributed by atoms with van der Waals surface area (Å²) in [6.07, 6.45) is 1.41. The van der Waals surface area contributed by atoms with Crippen LogP contribution in [0.4, 0.5) is 4.39 Å². The van der Waals surface area contributed by atoms with Gasteiger partial charge in [-0.2, -0.15) is 0 Å². The standard InChI is InChI=1S/C15H22FNO2/c1-11(2)14(8-9-18)17-15(19)7-6-12-4-3-5-13(16)10-12/h3-5,10-11,14,18H,6-9H2,1-2H3,(H,17,19). The molecule has 0 saturated carbocycles. The van der Waals surface area contributed by atoms with Gasteiger partial charge in [-0.25, -0.2) is 4.39 Å². The molecule has 0 aliphatic carbocycles. The van der Waals surface area contributed by atoms with Gasteiger partial charge in [0, 0.05) is 19.1 Å². The number of aliphatic hydroxyl groups is 1. The number of carbonyl (C=O) groups excluding carboxylic acids is 1. The number of nitrogens with one attached hydrogen (secondary N) is 1. The van der Waals surface area contributed by atoms with E-state index in [1.54, 1.807) is 6.07 Å². The lowest BCUT2D eigenvalue weighted by Gasteiger charge is -2.21. The minimum atomic E-state index is -0.279. The molecule has 1 rings (SSSR count). The molecule has 0 fully saturated rings. The third-order valence-corrected chi connectivity index (χ3v) is 3.12. The first-order chi connectivity index (χ1) is 9.02. The molecule has 4 heteroatoms. The third-order valence-electron chi connectivity index (χ3n) is 3.12. The fourth-order valence-corrected chi connectivity index (χ4v) is 1.94. The van der Waals surface area contributed by atoms with Gasteiger partial charge in [0.25, 0.3) is 0 Å². The number of aryl methyl sites for hydroxylation is 1. The lowest BCUT2D eigenvalue weighted by molar-refractivity contribution is -0.122. The van der Waals surface area contributed by atoms with Crippen molar-refractivity contribution in [3.63, 3.8) is 0 Å². The van der Waals surface area contributed by atoms with E-state index in [0.29, 0.717) is 19.3 Å². The molecule has 1 amide bonds. The number of rotatable bonds is 7. The van der Waals surface area contributed by atoms with Crippen LogP contribution in [0.2, 0.25) is 0 Å². The molecule has 2 N–H and O–H groups in total. The van der Waals surface area contributed by atoms with Crippen molar-refractivity contribution in [2.75, 3.05) is 6.61 Å². The lowest BCUT2D eigenvalue weighted by atomic mass is 10.0. The Labute approximate surface area is 113 Å². The van der Waals surface area contributed by atoms with E-state index in [-0.39, 0.29) is 30.3 Å². The maximum atomic E-state index is 13.0. The van der Waals surface area contributed by atoms with Crippen molar-refractivity contribution in [1.29, 1.82) is 0 Å². The second-order valence-corrected chi connectivity index (χ2v) is 5.06. The van der Waals surface area contributed by atoms with E-state index >= 15 is 0 Å². The Morgan fingerprint density at radius 2 is 2.16 bits per heavy atom. The molecule has 19 heavy (non-hydrogen) atoms. The summed E-state index contributed by atoms with van der Waals surface area (Å²) in [7, 11) is 0. The summed E-state index contributed by atoms with van der Waals surface area (Å²) in [5.74, 6) is -0.0556. The first kappa shape index (κ1) is 15.6. The van der Waals surface area contributed by atoms with Crippen LogP contribution >= 0.6 is 0 Å². The van der Waals surface area contributed by atoms with E-state index in [4.69, 9.17) is 5.11 Å². The number of carbonyl (C=O) groups is 1. The first-order valence-electron chi connectivity index (χ1n) is 6.67. The Hall–Kier alpha value is -1.42. The van der Waals surface area contributed by atoms with Crippen LogP contribution in [0.5, 0.6) is 0 Å². The molecule has 0 bridgehead atoms. The van der Waals surface area contributed by atoms with E-state index in [2.05, 4.69) is 5.32 Å². The van der Waals surface area contributed by atoms with Gasteiger partial charge in [0.15, 0.2) is 0 Å². The maximum Gasteiger partial charge on any atom is 0.220 e. The second kappa shape index (κ2) is 7.89. The minimum absolute atomic E-state index is 0.00925. The third kappa shape index (κ3) is 5.83. The molecule has 1 atom stereocenters. The maximum absolute atomic E-state index is 13.0. The van der Waals surface area contributed by atoms with Crippen molar-refractivity contribution < 1.29 is 14.3 Å². The van der Waals surface area contributed by atoms with Gasteiger partial charge in [-0.15, -0.1) is 0 Å². The Kier molecular flexibility index (Phi) is 6.50. The summed E-state index contributed by atoms with van der Waals surface area (Å²) in [5.41, 5.74) is 0.818. The molecule has 0 aromatic heterocycles. The van der Waals surface area contributed by atoms with E-state index in [1.807, 2.05) is 19.9 Å². The number of benzene rings is 1. The van der Waals surface area contributed by atoms with Gasteiger partial charge in [-0.05, 0) is 36.5 Å². The van der Waals surface area contributed by atoms with Crippen LogP contribution in [0.1, 0.15) is 32.3 Å². The molecule has 0 saturated heterocycles. The van der Waals surface area contributed by atoms with E-state index in [9.17, 15) is 9.18 Å². The number of hydrogen-bond acceptors (Lipinski definition) is 2. The van der Waals surface area contributed by atoms with E-state index in [0.717, 1.165) is 5.56 Å². The van der Waals surface area contributed by atoms with Crippen LogP contribution in [0, 0.1) is 11.7 Å². The molecule has 1 aromatic rings. The minimum Gasteiger partial charge on any atom is -0.396 e. The average Bonchev–Trinajstić information content (AvgIpc) is 2.36. The largest absolute Gasteiger partial charge is 0.396 e. The first-order valence-corrected chi connectivity index (χ1v) is 6.67. The van der Waals surface area contributed by atoms with Crippen molar-refractivity contribution in [2.45, 2.75) is 39.2 Å². The van der Waals surface area contributed by atoms with Gasteiger partial charge in [0.2, 0.25) is 5.91 Å². The second-order valence-electron chi connectivity index (χ2n) is 5.06. The zero-order valence-electron chi connectivity index (χ0n) is 11.5. The summed E-state index contributed by atoms with van der Waals surface area (Å²) >= 11 is 0. The molecule has 0 radical (unpaired) electrons. The van der Waals surface area contributed by atoms with Crippen molar-refractivity contribution in [3.8, 4) is 0 Å². The summed E-state index contributed by atoms with van der Waals surface area (Å²) in [4.78, 5) is 11.8. The van der Waals surface area contributed by atoms with Crippen LogP contribution in [0.3, 0.4) is 0 Å². The molecular formula is C15H22FNO2. The lowest BCUT2D eigenvalue weighted by Crippen LogP contribution is -2.39. The highest BCUT2D eigenvalue weighted by molar-refractivity contribution is 5.76. The molecule has 3 nitrogen and oxygen atoms in total. The highest BCUT2D eigenvalue weighted by atomic mass is 19.1. The quantitative estimate of drug-likeness (QED) is 0.796. The molecule has 106 valence electrons. The van der Waals surface area contributed by atoms with Crippen molar-refractivity contribution in [3.05, 3.63) is 35.6 Å². The monoisotopic (exact) mass is 267 g/mol. The number of halogens is 1. The zero-order valence-corrected chi connectivity index (χ0v) is 11.5. The summed E-state index contributed by atoms with van der Waals surface area (Å²) in [5, 5.41) is 11.9. The highest BCUT2D eigenvalue weighted by Crippen LogP contribution is 2.08. The van der Waals surface area contributed by atoms with Gasteiger partial charge in [0.05, 0.1) is 0 Å². The number of amides is 1. The van der Waals surface area contributed by atoms with Crippen molar-refractivity contribution in [2.24, 2.45) is 5.92 Å². The van der Waals surface area contributed by atoms with Gasteiger partial charge >= 0.3 is 0 Å². The summed E-state index contributed by atoms with van der Waals surface area (Å²) < 4.78 is 13.0. The highest BCUT2D eigenvalue weighted by Gasteiger charge is 2.15. The van der Waals surface area contributed by atoms with Crippen LogP contribution in [0.15, 0.2) is 24.3 Å². The van der Waals surface area contributed by atoms with Crippen LogP contribution < -0.4 is 5.32 Å². The van der Waals surface area contributed by atoms with Gasteiger partial charge in [0.1, 0.15) is 5.82 Å². The SMILES string of the molecule is CC(C)C(CCO)NC(=O)CCc1cccc(F)c1. The Morgan fingerprint density at radius 3 is 2.74 bits per heavy atom. The van der Waals surface area contributed by atoms with Crippen LogP contribution in [-0.2, 0) is 11.2 Å². The van der Waals surface area contributed by atoms with E-state index in [1.165, 1.54) is 12.1 Å². The predicted octanol–water partition coefficient (Wildman–Crippen LogP) is 2.28. The van der Waals surface area contributed by atoms with Crippen LogP contribution in [-0.4, -0.2) is 23.7 Å². The van der Waals surface area contributed by atoms with Gasteiger partial charge in [-0.3, -0.25) is 4.79 Å². The molecule has 0 spiro atoms. The van der Waals surface area contributed by atoms with Crippen molar-refractivity contribution >= 4 is 5.91 Å². The van der Waals surface area contributed by atoms with Gasteiger partial charge in [-0.1, -0.05) is 26.0 Å². The summed E-state index contributed by atoms with van der Waals surface area (Å²) in [6.45, 7) is 4.08. The summed E-state index contributed by atoms with van der Waals surface area (Å²) in [6, 6.07) is 6.28. The van der Waals surface area contributed by atoms with Crippen molar-refractivity contribution in [1.82, 2.24) is 5.32 Å². The van der Waals surface area contributed by atoms with Gasteiger partial charge < -0.3 is 10.4 Å². The topological polar surface area (TPSA) is 49.3 Å². The molecular weight excluding hydrogens is 245 g/mol. The Balaban J connectivity index is 2.42. The fraction of sp³-hybridized carbons (Fsp3) is 0.533. The zero-order chi connectivity index (χ0) is 14.3. The average molecular weight is 267 g/mol. The number of aliphatic hydroxyl groups excluding tert-OH is 1. The Morgan fingerprint density at radius 1 is 1.42 bits per heavy atom. The number of hydrogen-bond donors (Lipinski definition) is 2. The molecule has 0 aliphatic heterocycles. The molecule has 0 heterocycles. The smallest absolute Gasteiger partial charge is 0.220 e. The predicted molar refractivity (Wildman–Crippen MR) is 73.2 cm³/mol. The van der Waals surface area contributed by atoms with E-state index < -0.39 is 0 Å². The molecule has 1 unspecified atom stereocenters. The van der Waals surface area contributed by atoms with Crippen LogP contribution in [0.25, 0.3) is 0 Å². The molecule has 0 aliphatic rings. The fourth-order valence-electron chi connectivity index (χ4n) is 1.94. The Bertz CT molecular complexity index is 407. The normalized spacial score (nSPS) is 12.5.